The standard InChI is InChI=1S/C21H17Cl2N3O5S/c22-16-8-14(9-17(23)20(16)24)26-21(27)13-2-1-3-15(7-13)32(28,29)25-10-12-4-5-18-19(6-12)31-11-30-18/h1-9,25H,10-11,24H2,(H,26,27). The van der Waals surface area contributed by atoms with Crippen LogP contribution in [0.5, 0.6) is 11.5 Å². The third kappa shape index (κ3) is 4.76. The van der Waals surface area contributed by atoms with Crippen molar-refractivity contribution in [2.75, 3.05) is 17.8 Å². The molecule has 4 rings (SSSR count). The second-order valence-electron chi connectivity index (χ2n) is 6.85. The normalized spacial score (nSPS) is 12.6. The molecule has 166 valence electrons. The van der Waals surface area contributed by atoms with Crippen molar-refractivity contribution in [1.82, 2.24) is 4.72 Å². The summed E-state index contributed by atoms with van der Waals surface area (Å²) in [6.45, 7) is 0.173. The lowest BCUT2D eigenvalue weighted by Crippen LogP contribution is -2.23. The molecule has 32 heavy (non-hydrogen) atoms. The van der Waals surface area contributed by atoms with Gasteiger partial charge in [0, 0.05) is 17.8 Å². The molecule has 0 saturated carbocycles. The first-order valence-electron chi connectivity index (χ1n) is 9.27. The number of amides is 1. The first-order chi connectivity index (χ1) is 15.2. The molecule has 0 spiro atoms. The van der Waals surface area contributed by atoms with Crippen LogP contribution >= 0.6 is 23.2 Å². The predicted molar refractivity (Wildman–Crippen MR) is 122 cm³/mol. The number of halogens is 2. The number of anilines is 2. The summed E-state index contributed by atoms with van der Waals surface area (Å²) in [5.74, 6) is 0.636. The van der Waals surface area contributed by atoms with Crippen molar-refractivity contribution in [2.45, 2.75) is 11.4 Å². The molecule has 1 aliphatic heterocycles. The van der Waals surface area contributed by atoms with Gasteiger partial charge < -0.3 is 20.5 Å². The number of ether oxygens (including phenoxy) is 2. The number of nitrogens with one attached hydrogen (secondary N) is 2. The topological polar surface area (TPSA) is 120 Å². The van der Waals surface area contributed by atoms with Crippen molar-refractivity contribution in [1.29, 1.82) is 0 Å². The molecule has 0 unspecified atom stereocenters. The van der Waals surface area contributed by atoms with Crippen LogP contribution in [0.4, 0.5) is 11.4 Å². The molecule has 0 radical (unpaired) electrons. The van der Waals surface area contributed by atoms with E-state index < -0.39 is 15.9 Å². The quantitative estimate of drug-likeness (QED) is 0.445. The summed E-state index contributed by atoms with van der Waals surface area (Å²) in [6.07, 6.45) is 0. The Bertz CT molecular complexity index is 1290. The van der Waals surface area contributed by atoms with Crippen molar-refractivity contribution in [2.24, 2.45) is 0 Å². The fraction of sp³-hybridized carbons (Fsp3) is 0.0952. The molecule has 0 fully saturated rings. The number of nitrogen functional groups attached to an aromatic ring is 1. The Morgan fingerprint density at radius 2 is 1.72 bits per heavy atom. The third-order valence-corrected chi connectivity index (χ3v) is 6.67. The van der Waals surface area contributed by atoms with E-state index in [0.717, 1.165) is 0 Å². The number of carbonyl (C=O) groups is 1. The van der Waals surface area contributed by atoms with Gasteiger partial charge in [0.1, 0.15) is 0 Å². The maximum atomic E-state index is 12.8. The van der Waals surface area contributed by atoms with Gasteiger partial charge in [-0.05, 0) is 48.0 Å². The van der Waals surface area contributed by atoms with E-state index in [2.05, 4.69) is 10.0 Å². The molecule has 3 aromatic rings. The fourth-order valence-electron chi connectivity index (χ4n) is 2.98. The number of benzene rings is 3. The lowest BCUT2D eigenvalue weighted by atomic mass is 10.2. The molecule has 8 nitrogen and oxygen atoms in total. The van der Waals surface area contributed by atoms with Gasteiger partial charge >= 0.3 is 0 Å². The summed E-state index contributed by atoms with van der Waals surface area (Å²) in [5, 5.41) is 3.01. The molecule has 11 heteroatoms. The summed E-state index contributed by atoms with van der Waals surface area (Å²) >= 11 is 12.0. The van der Waals surface area contributed by atoms with Crippen molar-refractivity contribution < 1.29 is 22.7 Å². The average Bonchev–Trinajstić information content (AvgIpc) is 3.24. The van der Waals surface area contributed by atoms with E-state index in [9.17, 15) is 13.2 Å². The molecule has 0 aromatic heterocycles. The highest BCUT2D eigenvalue weighted by atomic mass is 35.5. The van der Waals surface area contributed by atoms with Gasteiger partial charge in [0.25, 0.3) is 5.91 Å². The molecule has 1 heterocycles. The van der Waals surface area contributed by atoms with Crippen molar-refractivity contribution in [3.05, 3.63) is 75.8 Å². The zero-order chi connectivity index (χ0) is 22.9. The lowest BCUT2D eigenvalue weighted by Gasteiger charge is -2.11. The Morgan fingerprint density at radius 3 is 2.47 bits per heavy atom. The van der Waals surface area contributed by atoms with Gasteiger partial charge in [-0.15, -0.1) is 0 Å². The number of sulfonamides is 1. The number of hydrogen-bond donors (Lipinski definition) is 3. The van der Waals surface area contributed by atoms with Gasteiger partial charge in [-0.25, -0.2) is 13.1 Å². The highest BCUT2D eigenvalue weighted by Gasteiger charge is 2.18. The van der Waals surface area contributed by atoms with Crippen LogP contribution in [0.25, 0.3) is 0 Å². The average molecular weight is 494 g/mol. The van der Waals surface area contributed by atoms with Gasteiger partial charge in [0.05, 0.1) is 20.6 Å². The van der Waals surface area contributed by atoms with Gasteiger partial charge in [-0.1, -0.05) is 35.3 Å². The zero-order valence-corrected chi connectivity index (χ0v) is 18.7. The minimum Gasteiger partial charge on any atom is -0.454 e. The predicted octanol–water partition coefficient (Wildman–Crippen LogP) is 4.04. The molecule has 0 aliphatic carbocycles. The summed E-state index contributed by atoms with van der Waals surface area (Å²) in [5.41, 5.74) is 7.06. The monoisotopic (exact) mass is 493 g/mol. The molecule has 1 aliphatic rings. The van der Waals surface area contributed by atoms with Crippen LogP contribution in [0.1, 0.15) is 15.9 Å². The maximum absolute atomic E-state index is 12.8. The first-order valence-corrected chi connectivity index (χ1v) is 11.5. The van der Waals surface area contributed by atoms with Crippen LogP contribution in [0.2, 0.25) is 10.0 Å². The second-order valence-corrected chi connectivity index (χ2v) is 9.43. The zero-order valence-electron chi connectivity index (χ0n) is 16.4. The van der Waals surface area contributed by atoms with Crippen LogP contribution in [-0.4, -0.2) is 21.1 Å². The minimum absolute atomic E-state index is 0.0395. The number of carbonyl (C=O) groups excluding carboxylic acids is 1. The number of nitrogens with two attached hydrogens (primary N) is 1. The van der Waals surface area contributed by atoms with E-state index in [1.54, 1.807) is 18.2 Å². The summed E-state index contributed by atoms with van der Waals surface area (Å²) in [4.78, 5) is 12.6. The fourth-order valence-corrected chi connectivity index (χ4v) is 4.53. The van der Waals surface area contributed by atoms with Crippen LogP contribution in [0, 0.1) is 0 Å². The second kappa shape index (κ2) is 8.87. The maximum Gasteiger partial charge on any atom is 0.255 e. The Morgan fingerprint density at radius 1 is 1.00 bits per heavy atom. The van der Waals surface area contributed by atoms with E-state index in [0.29, 0.717) is 22.7 Å². The molecule has 4 N–H and O–H groups in total. The molecule has 0 atom stereocenters. The number of fused-ring (bicyclic) bond motifs is 1. The SMILES string of the molecule is Nc1c(Cl)cc(NC(=O)c2cccc(S(=O)(=O)NCc3ccc4c(c3)OCO4)c2)cc1Cl. The largest absolute Gasteiger partial charge is 0.454 e. The minimum atomic E-state index is -3.88. The van der Waals surface area contributed by atoms with E-state index >= 15 is 0 Å². The van der Waals surface area contributed by atoms with E-state index in [-0.39, 0.29) is 39.5 Å². The Kier molecular flexibility index (Phi) is 6.16. The van der Waals surface area contributed by atoms with Crippen LogP contribution in [0.15, 0.2) is 59.5 Å². The van der Waals surface area contributed by atoms with Crippen molar-refractivity contribution in [3.8, 4) is 11.5 Å². The summed E-state index contributed by atoms with van der Waals surface area (Å²) in [7, 11) is -3.88. The first kappa shape index (κ1) is 22.2. The van der Waals surface area contributed by atoms with Crippen molar-refractivity contribution in [3.63, 3.8) is 0 Å². The molecular weight excluding hydrogens is 477 g/mol. The highest BCUT2D eigenvalue weighted by Crippen LogP contribution is 2.33. The lowest BCUT2D eigenvalue weighted by molar-refractivity contribution is 0.102. The Labute approximate surface area is 194 Å². The van der Waals surface area contributed by atoms with Gasteiger partial charge in [0.15, 0.2) is 11.5 Å². The molecule has 0 saturated heterocycles. The third-order valence-electron chi connectivity index (χ3n) is 4.65. The van der Waals surface area contributed by atoms with E-state index in [1.165, 1.54) is 36.4 Å². The summed E-state index contributed by atoms with van der Waals surface area (Å²) < 4.78 is 38.6. The van der Waals surface area contributed by atoms with Gasteiger partial charge in [-0.3, -0.25) is 4.79 Å². The number of hydrogen-bond acceptors (Lipinski definition) is 6. The number of rotatable bonds is 6. The molecular formula is C21H17Cl2N3O5S. The van der Waals surface area contributed by atoms with Crippen LogP contribution < -0.4 is 25.2 Å². The summed E-state index contributed by atoms with van der Waals surface area (Å²) in [6, 6.07) is 13.7. The highest BCUT2D eigenvalue weighted by molar-refractivity contribution is 7.89. The van der Waals surface area contributed by atoms with Crippen LogP contribution in [0.3, 0.4) is 0 Å². The molecule has 0 bridgehead atoms. The van der Waals surface area contributed by atoms with Gasteiger partial charge in [0.2, 0.25) is 16.8 Å². The van der Waals surface area contributed by atoms with Crippen molar-refractivity contribution >= 4 is 50.5 Å². The Balaban J connectivity index is 1.48. The molecule has 1 amide bonds. The Hall–Kier alpha value is -2.98. The molecule has 3 aromatic carbocycles. The van der Waals surface area contributed by atoms with E-state index in [4.69, 9.17) is 38.4 Å². The van der Waals surface area contributed by atoms with E-state index in [1.807, 2.05) is 0 Å². The smallest absolute Gasteiger partial charge is 0.255 e. The van der Waals surface area contributed by atoms with Crippen LogP contribution in [-0.2, 0) is 16.6 Å². The van der Waals surface area contributed by atoms with Gasteiger partial charge in [-0.2, -0.15) is 0 Å².